The summed E-state index contributed by atoms with van der Waals surface area (Å²) in [6.45, 7) is 6.51. The molecule has 0 aromatic heterocycles. The number of nitrogens with zero attached hydrogens (tertiary/aromatic N) is 2. The van der Waals surface area contributed by atoms with Crippen molar-refractivity contribution >= 4 is 12.0 Å². The summed E-state index contributed by atoms with van der Waals surface area (Å²) in [4.78, 5) is 28.1. The van der Waals surface area contributed by atoms with Gasteiger partial charge in [-0.15, -0.1) is 0 Å². The lowest BCUT2D eigenvalue weighted by atomic mass is 10.1. The number of carbonyl (C=O) groups excluding carboxylic acids is 2. The molecular weight excluding hydrogens is 336 g/mol. The molecule has 0 saturated carbocycles. The number of likely N-dealkylation sites (tertiary alicyclic amines) is 1. The second-order valence-corrected chi connectivity index (χ2v) is 7.55. The van der Waals surface area contributed by atoms with Gasteiger partial charge in [-0.25, -0.2) is 4.79 Å². The number of likely N-dealkylation sites (N-methyl/N-ethyl adjacent to an activating group) is 1. The molecule has 1 saturated heterocycles. The Bertz CT molecular complexity index is 668. The predicted molar refractivity (Wildman–Crippen MR) is 97.3 cm³/mol. The third-order valence-electron chi connectivity index (χ3n) is 4.36. The molecule has 0 aliphatic carbocycles. The lowest BCUT2D eigenvalue weighted by molar-refractivity contribution is -0.131. The summed E-state index contributed by atoms with van der Waals surface area (Å²) in [7, 11) is 3.26. The first kappa shape index (κ1) is 19.9. The second kappa shape index (κ2) is 7.85. The van der Waals surface area contributed by atoms with Crippen molar-refractivity contribution in [3.63, 3.8) is 0 Å². The van der Waals surface area contributed by atoms with Crippen LogP contribution in [-0.4, -0.2) is 65.8 Å². The van der Waals surface area contributed by atoms with Gasteiger partial charge >= 0.3 is 6.09 Å². The van der Waals surface area contributed by atoms with E-state index >= 15 is 0 Å². The highest BCUT2D eigenvalue weighted by Gasteiger charge is 2.33. The summed E-state index contributed by atoms with van der Waals surface area (Å²) in [5.41, 5.74) is 0.0919. The van der Waals surface area contributed by atoms with E-state index in [0.717, 1.165) is 0 Å². The molecule has 0 spiro atoms. The van der Waals surface area contributed by atoms with Crippen LogP contribution < -0.4 is 4.74 Å². The Morgan fingerprint density at radius 2 is 2.04 bits per heavy atom. The maximum Gasteiger partial charge on any atom is 0.410 e. The standard InChI is InChI=1S/C19H28N2O5/c1-19(2,3)26-18(24)21-9-8-14(12-21)20(4)17(23)11-13-10-15(22)6-7-16(13)25-5/h6-7,10,14,22H,8-9,11-12H2,1-5H3/t14-/m0/s1. The Morgan fingerprint density at radius 1 is 1.35 bits per heavy atom. The third kappa shape index (κ3) is 5.03. The highest BCUT2D eigenvalue weighted by atomic mass is 16.6. The van der Waals surface area contributed by atoms with Gasteiger partial charge in [0.25, 0.3) is 0 Å². The molecule has 2 rings (SSSR count). The van der Waals surface area contributed by atoms with E-state index in [-0.39, 0.29) is 30.2 Å². The second-order valence-electron chi connectivity index (χ2n) is 7.55. The lowest BCUT2D eigenvalue weighted by Gasteiger charge is -2.27. The molecule has 0 bridgehead atoms. The number of hydrogen-bond acceptors (Lipinski definition) is 5. The molecule has 1 heterocycles. The van der Waals surface area contributed by atoms with Crippen LogP contribution in [0.3, 0.4) is 0 Å². The fraction of sp³-hybridized carbons (Fsp3) is 0.579. The summed E-state index contributed by atoms with van der Waals surface area (Å²) in [6, 6.07) is 4.63. The van der Waals surface area contributed by atoms with Gasteiger partial charge in [0.2, 0.25) is 5.91 Å². The smallest absolute Gasteiger partial charge is 0.410 e. The van der Waals surface area contributed by atoms with Crippen LogP contribution in [0.15, 0.2) is 18.2 Å². The van der Waals surface area contributed by atoms with Gasteiger partial charge in [0.1, 0.15) is 17.1 Å². The number of amides is 2. The van der Waals surface area contributed by atoms with Gasteiger partial charge in [-0.05, 0) is 45.4 Å². The predicted octanol–water partition coefficient (Wildman–Crippen LogP) is 2.41. The molecule has 7 heteroatoms. The molecule has 0 radical (unpaired) electrons. The molecule has 2 amide bonds. The van der Waals surface area contributed by atoms with Crippen LogP contribution in [-0.2, 0) is 16.0 Å². The first-order chi connectivity index (χ1) is 12.1. The molecule has 144 valence electrons. The first-order valence-electron chi connectivity index (χ1n) is 8.70. The summed E-state index contributed by atoms with van der Waals surface area (Å²) < 4.78 is 10.6. The summed E-state index contributed by atoms with van der Waals surface area (Å²) in [5.74, 6) is 0.560. The van der Waals surface area contributed by atoms with Crippen LogP contribution in [0.4, 0.5) is 4.79 Å². The van der Waals surface area contributed by atoms with E-state index in [1.165, 1.54) is 19.2 Å². The fourth-order valence-corrected chi connectivity index (χ4v) is 2.94. The van der Waals surface area contributed by atoms with E-state index in [9.17, 15) is 14.7 Å². The molecule has 1 aliphatic heterocycles. The summed E-state index contributed by atoms with van der Waals surface area (Å²) >= 11 is 0. The SMILES string of the molecule is COc1ccc(O)cc1CC(=O)N(C)[C@H]1CCN(C(=O)OC(C)(C)C)C1. The van der Waals surface area contributed by atoms with E-state index < -0.39 is 5.60 Å². The van der Waals surface area contributed by atoms with E-state index in [0.29, 0.717) is 30.8 Å². The number of ether oxygens (including phenoxy) is 2. The molecule has 0 unspecified atom stereocenters. The molecule has 1 N–H and O–H groups in total. The first-order valence-corrected chi connectivity index (χ1v) is 8.70. The van der Waals surface area contributed by atoms with Gasteiger partial charge in [0, 0.05) is 25.7 Å². The fourth-order valence-electron chi connectivity index (χ4n) is 2.94. The van der Waals surface area contributed by atoms with Gasteiger partial charge in [-0.2, -0.15) is 0 Å². The number of carbonyl (C=O) groups is 2. The highest BCUT2D eigenvalue weighted by Crippen LogP contribution is 2.25. The zero-order valence-electron chi connectivity index (χ0n) is 16.1. The number of aromatic hydroxyl groups is 1. The number of hydrogen-bond donors (Lipinski definition) is 1. The van der Waals surface area contributed by atoms with Gasteiger partial charge in [0.05, 0.1) is 19.6 Å². The highest BCUT2D eigenvalue weighted by molar-refractivity contribution is 5.80. The van der Waals surface area contributed by atoms with Crippen molar-refractivity contribution in [1.82, 2.24) is 9.80 Å². The number of benzene rings is 1. The van der Waals surface area contributed by atoms with Crippen molar-refractivity contribution in [3.05, 3.63) is 23.8 Å². The van der Waals surface area contributed by atoms with E-state index in [1.807, 2.05) is 20.8 Å². The summed E-state index contributed by atoms with van der Waals surface area (Å²) in [5, 5.41) is 9.65. The van der Waals surface area contributed by atoms with Gasteiger partial charge in [0.15, 0.2) is 0 Å². The summed E-state index contributed by atoms with van der Waals surface area (Å²) in [6.07, 6.45) is 0.478. The van der Waals surface area contributed by atoms with Crippen LogP contribution in [0.2, 0.25) is 0 Å². The number of phenolic OH excluding ortho intramolecular Hbond substituents is 1. The maximum atomic E-state index is 12.6. The van der Waals surface area contributed by atoms with Crippen LogP contribution in [0.1, 0.15) is 32.8 Å². The Balaban J connectivity index is 1.97. The Kier molecular flexibility index (Phi) is 6.00. The topological polar surface area (TPSA) is 79.3 Å². The Labute approximate surface area is 154 Å². The van der Waals surface area contributed by atoms with Crippen molar-refractivity contribution in [3.8, 4) is 11.5 Å². The minimum atomic E-state index is -0.539. The van der Waals surface area contributed by atoms with Crippen LogP contribution in [0, 0.1) is 0 Å². The quantitative estimate of drug-likeness (QED) is 0.888. The molecule has 26 heavy (non-hydrogen) atoms. The molecule has 1 fully saturated rings. The maximum absolute atomic E-state index is 12.6. The molecular formula is C19H28N2O5. The van der Waals surface area contributed by atoms with Crippen molar-refractivity contribution in [2.75, 3.05) is 27.2 Å². The van der Waals surface area contributed by atoms with Crippen molar-refractivity contribution in [2.24, 2.45) is 0 Å². The average molecular weight is 364 g/mol. The molecule has 1 aliphatic rings. The largest absolute Gasteiger partial charge is 0.508 e. The van der Waals surface area contributed by atoms with Crippen molar-refractivity contribution in [1.29, 1.82) is 0 Å². The van der Waals surface area contributed by atoms with E-state index in [1.54, 1.807) is 22.9 Å². The Hall–Kier alpha value is -2.44. The number of phenols is 1. The molecule has 1 atom stereocenters. The van der Waals surface area contributed by atoms with Crippen molar-refractivity contribution < 1.29 is 24.2 Å². The third-order valence-corrected chi connectivity index (χ3v) is 4.36. The van der Waals surface area contributed by atoms with Gasteiger partial charge in [-0.1, -0.05) is 0 Å². The minimum Gasteiger partial charge on any atom is -0.508 e. The molecule has 1 aromatic carbocycles. The zero-order valence-corrected chi connectivity index (χ0v) is 16.1. The van der Waals surface area contributed by atoms with E-state index in [2.05, 4.69) is 0 Å². The van der Waals surface area contributed by atoms with Crippen molar-refractivity contribution in [2.45, 2.75) is 45.3 Å². The number of methoxy groups -OCH3 is 1. The van der Waals surface area contributed by atoms with Crippen LogP contribution in [0.25, 0.3) is 0 Å². The zero-order chi connectivity index (χ0) is 19.5. The lowest BCUT2D eigenvalue weighted by Crippen LogP contribution is -2.41. The molecule has 7 nitrogen and oxygen atoms in total. The average Bonchev–Trinajstić information content (AvgIpc) is 3.03. The van der Waals surface area contributed by atoms with Gasteiger partial charge < -0.3 is 24.4 Å². The van der Waals surface area contributed by atoms with Crippen LogP contribution >= 0.6 is 0 Å². The normalized spacial score (nSPS) is 17.1. The monoisotopic (exact) mass is 364 g/mol. The molecule has 1 aromatic rings. The number of rotatable bonds is 4. The van der Waals surface area contributed by atoms with E-state index in [4.69, 9.17) is 9.47 Å². The minimum absolute atomic E-state index is 0.0571. The van der Waals surface area contributed by atoms with Crippen LogP contribution in [0.5, 0.6) is 11.5 Å². The Morgan fingerprint density at radius 3 is 2.65 bits per heavy atom. The van der Waals surface area contributed by atoms with Gasteiger partial charge in [-0.3, -0.25) is 4.79 Å².